The monoisotopic (exact) mass is 220 g/mol. The Morgan fingerprint density at radius 1 is 1.38 bits per heavy atom. The second-order valence-electron chi connectivity index (χ2n) is 5.33. The van der Waals surface area contributed by atoms with Crippen LogP contribution >= 0.6 is 0 Å². The van der Waals surface area contributed by atoms with E-state index in [4.69, 9.17) is 0 Å². The second kappa shape index (κ2) is 7.70. The summed E-state index contributed by atoms with van der Waals surface area (Å²) in [7, 11) is 0. The van der Waals surface area contributed by atoms with Gasteiger partial charge in [-0.1, -0.05) is 50.8 Å². The van der Waals surface area contributed by atoms with Crippen molar-refractivity contribution in [1.82, 2.24) is 0 Å². The fraction of sp³-hybridized carbons (Fsp3) is 0.750. The maximum Gasteiger partial charge on any atom is -0.0288 e. The zero-order valence-electron chi connectivity index (χ0n) is 11.0. The summed E-state index contributed by atoms with van der Waals surface area (Å²) in [5.41, 5.74) is 1.42. The fourth-order valence-corrected chi connectivity index (χ4v) is 2.73. The molecule has 0 aromatic heterocycles. The smallest absolute Gasteiger partial charge is 0.0288 e. The minimum atomic E-state index is 1.00. The van der Waals surface area contributed by atoms with Crippen LogP contribution in [0.3, 0.4) is 0 Å². The lowest BCUT2D eigenvalue weighted by Gasteiger charge is -2.33. The lowest BCUT2D eigenvalue weighted by Crippen LogP contribution is -2.21. The van der Waals surface area contributed by atoms with Crippen molar-refractivity contribution in [2.45, 2.75) is 64.7 Å². The standard InChI is InChI=1S/C16H28/c1-4-6-9-14(3)10-7-11-15(5-2)16-12-8-13-16/h4,15-16H,1,3,5-13H2,2H3. The number of hydrogen-bond acceptors (Lipinski definition) is 0. The third-order valence-electron chi connectivity index (χ3n) is 4.15. The van der Waals surface area contributed by atoms with Crippen LogP contribution in [0.25, 0.3) is 0 Å². The molecular formula is C16H28. The van der Waals surface area contributed by atoms with Gasteiger partial charge in [-0.05, 0) is 43.9 Å². The summed E-state index contributed by atoms with van der Waals surface area (Å²) in [4.78, 5) is 0. The Balaban J connectivity index is 2.07. The van der Waals surface area contributed by atoms with Crippen molar-refractivity contribution in [3.8, 4) is 0 Å². The Kier molecular flexibility index (Phi) is 6.52. The fourth-order valence-electron chi connectivity index (χ4n) is 2.73. The molecule has 0 aliphatic heterocycles. The third-order valence-corrected chi connectivity index (χ3v) is 4.15. The van der Waals surface area contributed by atoms with E-state index in [-0.39, 0.29) is 0 Å². The second-order valence-corrected chi connectivity index (χ2v) is 5.33. The number of allylic oxidation sites excluding steroid dienone is 2. The van der Waals surface area contributed by atoms with E-state index in [1.165, 1.54) is 50.5 Å². The summed E-state index contributed by atoms with van der Waals surface area (Å²) < 4.78 is 0. The van der Waals surface area contributed by atoms with E-state index in [1.807, 2.05) is 6.08 Å². The van der Waals surface area contributed by atoms with Crippen LogP contribution < -0.4 is 0 Å². The molecule has 92 valence electrons. The average Bonchev–Trinajstić information content (AvgIpc) is 2.22. The maximum absolute atomic E-state index is 4.15. The first-order chi connectivity index (χ1) is 7.77. The van der Waals surface area contributed by atoms with Gasteiger partial charge in [-0.25, -0.2) is 0 Å². The van der Waals surface area contributed by atoms with Crippen LogP contribution in [0.4, 0.5) is 0 Å². The molecule has 0 saturated heterocycles. The van der Waals surface area contributed by atoms with Crippen molar-refractivity contribution in [2.24, 2.45) is 11.8 Å². The Morgan fingerprint density at radius 2 is 2.12 bits per heavy atom. The van der Waals surface area contributed by atoms with Crippen LogP contribution in [0, 0.1) is 11.8 Å². The lowest BCUT2D eigenvalue weighted by atomic mass is 9.73. The Labute approximate surface area is 102 Å². The predicted molar refractivity (Wildman–Crippen MR) is 73.5 cm³/mol. The molecule has 0 aromatic rings. The van der Waals surface area contributed by atoms with Gasteiger partial charge in [0.2, 0.25) is 0 Å². The molecule has 1 unspecified atom stereocenters. The van der Waals surface area contributed by atoms with Gasteiger partial charge in [-0.15, -0.1) is 6.58 Å². The number of rotatable bonds is 9. The summed E-state index contributed by atoms with van der Waals surface area (Å²) in [5.74, 6) is 2.06. The quantitative estimate of drug-likeness (QED) is 0.450. The zero-order chi connectivity index (χ0) is 11.8. The minimum Gasteiger partial charge on any atom is -0.103 e. The molecule has 0 aromatic carbocycles. The molecule has 0 radical (unpaired) electrons. The molecule has 0 spiro atoms. The Hall–Kier alpha value is -0.520. The molecule has 0 heterocycles. The summed E-state index contributed by atoms with van der Waals surface area (Å²) >= 11 is 0. The van der Waals surface area contributed by atoms with E-state index < -0.39 is 0 Å². The van der Waals surface area contributed by atoms with Crippen LogP contribution in [-0.2, 0) is 0 Å². The molecule has 1 saturated carbocycles. The summed E-state index contributed by atoms with van der Waals surface area (Å²) in [6.45, 7) is 10.3. The highest BCUT2D eigenvalue weighted by atomic mass is 14.3. The first kappa shape index (κ1) is 13.5. The highest BCUT2D eigenvalue weighted by molar-refractivity contribution is 4.95. The molecule has 1 aliphatic carbocycles. The molecule has 0 nitrogen and oxygen atoms in total. The van der Waals surface area contributed by atoms with Crippen LogP contribution in [0.15, 0.2) is 24.8 Å². The summed E-state index contributed by atoms with van der Waals surface area (Å²) in [5, 5.41) is 0. The average molecular weight is 220 g/mol. The van der Waals surface area contributed by atoms with Crippen molar-refractivity contribution in [3.63, 3.8) is 0 Å². The summed E-state index contributed by atoms with van der Waals surface area (Å²) in [6, 6.07) is 0. The van der Waals surface area contributed by atoms with Crippen LogP contribution in [0.2, 0.25) is 0 Å². The van der Waals surface area contributed by atoms with Crippen LogP contribution in [0.1, 0.15) is 64.7 Å². The normalized spacial score (nSPS) is 17.8. The predicted octanol–water partition coefficient (Wildman–Crippen LogP) is 5.51. The van der Waals surface area contributed by atoms with E-state index in [0.717, 1.165) is 24.7 Å². The van der Waals surface area contributed by atoms with Gasteiger partial charge >= 0.3 is 0 Å². The van der Waals surface area contributed by atoms with Gasteiger partial charge in [0.15, 0.2) is 0 Å². The van der Waals surface area contributed by atoms with Gasteiger partial charge in [0.25, 0.3) is 0 Å². The van der Waals surface area contributed by atoms with Crippen LogP contribution in [-0.4, -0.2) is 0 Å². The van der Waals surface area contributed by atoms with Crippen molar-refractivity contribution in [2.75, 3.05) is 0 Å². The number of hydrogen-bond donors (Lipinski definition) is 0. The van der Waals surface area contributed by atoms with Gasteiger partial charge in [0, 0.05) is 0 Å². The van der Waals surface area contributed by atoms with Crippen molar-refractivity contribution in [3.05, 3.63) is 24.8 Å². The zero-order valence-corrected chi connectivity index (χ0v) is 11.0. The Bertz CT molecular complexity index is 210. The molecule has 0 bridgehead atoms. The van der Waals surface area contributed by atoms with Gasteiger partial charge in [-0.2, -0.15) is 0 Å². The SMILES string of the molecule is C=CCCC(=C)CCCC(CC)C1CCC1. The molecule has 1 atom stereocenters. The highest BCUT2D eigenvalue weighted by Crippen LogP contribution is 2.37. The topological polar surface area (TPSA) is 0 Å². The van der Waals surface area contributed by atoms with E-state index in [9.17, 15) is 0 Å². The van der Waals surface area contributed by atoms with Gasteiger partial charge in [0.05, 0.1) is 0 Å². The Morgan fingerprint density at radius 3 is 2.62 bits per heavy atom. The molecule has 0 amide bonds. The van der Waals surface area contributed by atoms with E-state index in [1.54, 1.807) is 0 Å². The maximum atomic E-state index is 4.15. The van der Waals surface area contributed by atoms with Crippen molar-refractivity contribution < 1.29 is 0 Å². The van der Waals surface area contributed by atoms with Crippen LogP contribution in [0.5, 0.6) is 0 Å². The highest BCUT2D eigenvalue weighted by Gasteiger charge is 2.25. The van der Waals surface area contributed by atoms with Crippen molar-refractivity contribution in [1.29, 1.82) is 0 Å². The first-order valence-electron chi connectivity index (χ1n) is 7.05. The van der Waals surface area contributed by atoms with E-state index in [0.29, 0.717) is 0 Å². The van der Waals surface area contributed by atoms with E-state index >= 15 is 0 Å². The van der Waals surface area contributed by atoms with Gasteiger partial charge in [0.1, 0.15) is 0 Å². The molecule has 0 N–H and O–H groups in total. The molecular weight excluding hydrogens is 192 g/mol. The summed E-state index contributed by atoms with van der Waals surface area (Å²) in [6.07, 6.45) is 14.1. The molecule has 1 rings (SSSR count). The largest absolute Gasteiger partial charge is 0.103 e. The van der Waals surface area contributed by atoms with Gasteiger partial charge in [-0.3, -0.25) is 0 Å². The van der Waals surface area contributed by atoms with Crippen molar-refractivity contribution >= 4 is 0 Å². The minimum absolute atomic E-state index is 1.00. The van der Waals surface area contributed by atoms with E-state index in [2.05, 4.69) is 20.1 Å². The lowest BCUT2D eigenvalue weighted by molar-refractivity contribution is 0.188. The molecule has 1 fully saturated rings. The molecule has 1 aliphatic rings. The third kappa shape index (κ3) is 4.55. The molecule has 0 heteroatoms. The van der Waals surface area contributed by atoms with Gasteiger partial charge < -0.3 is 0 Å². The molecule has 16 heavy (non-hydrogen) atoms. The first-order valence-corrected chi connectivity index (χ1v) is 7.05.